The van der Waals surface area contributed by atoms with E-state index in [1.807, 2.05) is 30.3 Å². The zero-order valence-electron chi connectivity index (χ0n) is 13.5. The molecule has 2 fully saturated rings. The molecule has 0 aromatic heterocycles. The number of anilines is 1. The van der Waals surface area contributed by atoms with Crippen LogP contribution in [0.25, 0.3) is 0 Å². The average molecular weight is 302 g/mol. The van der Waals surface area contributed by atoms with E-state index in [1.54, 1.807) is 0 Å². The Kier molecular flexibility index (Phi) is 4.79. The third-order valence-corrected chi connectivity index (χ3v) is 4.63. The molecule has 3 atom stereocenters. The van der Waals surface area contributed by atoms with Crippen molar-refractivity contribution in [2.75, 3.05) is 25.0 Å². The Morgan fingerprint density at radius 3 is 2.82 bits per heavy atom. The molecule has 2 aliphatic rings. The molecule has 1 aromatic rings. The van der Waals surface area contributed by atoms with Crippen molar-refractivity contribution in [3.63, 3.8) is 0 Å². The van der Waals surface area contributed by atoms with Crippen LogP contribution in [-0.4, -0.2) is 42.6 Å². The topological polar surface area (TPSA) is 41.6 Å². The first kappa shape index (κ1) is 15.5. The summed E-state index contributed by atoms with van der Waals surface area (Å²) in [6, 6.07) is 9.68. The summed E-state index contributed by atoms with van der Waals surface area (Å²) < 4.78 is 6.00. The Balaban J connectivity index is 1.57. The second-order valence-electron chi connectivity index (χ2n) is 6.94. The van der Waals surface area contributed by atoms with Crippen LogP contribution in [0.15, 0.2) is 30.3 Å². The number of ether oxygens (including phenoxy) is 1. The highest BCUT2D eigenvalue weighted by atomic mass is 16.5. The van der Waals surface area contributed by atoms with E-state index in [1.165, 1.54) is 6.42 Å². The Hall–Kier alpha value is -1.39. The lowest BCUT2D eigenvalue weighted by atomic mass is 9.99. The van der Waals surface area contributed by atoms with Gasteiger partial charge < -0.3 is 10.1 Å². The Labute approximate surface area is 132 Å². The maximum absolute atomic E-state index is 12.5. The van der Waals surface area contributed by atoms with E-state index in [0.29, 0.717) is 0 Å². The minimum Gasteiger partial charge on any atom is -0.371 e. The number of hydrogen-bond donors (Lipinski definition) is 1. The maximum Gasteiger partial charge on any atom is 0.230 e. The van der Waals surface area contributed by atoms with Crippen LogP contribution in [-0.2, 0) is 9.53 Å². The number of fused-ring (bicyclic) bond motifs is 2. The van der Waals surface area contributed by atoms with Crippen molar-refractivity contribution in [3.8, 4) is 0 Å². The number of nitrogens with one attached hydrogen (secondary N) is 1. The van der Waals surface area contributed by atoms with Crippen LogP contribution in [0.2, 0.25) is 0 Å². The standard InChI is InChI=1S/C18H26N2O2/c1-13(2)8-9-20-11-15-10-16(17(12-20)22-15)18(21)19-14-6-4-3-5-7-14/h3-7,13,15-17H,8-12H2,1-2H3,(H,19,21)/t15-,16+,17-/m1/s1. The average Bonchev–Trinajstić information content (AvgIpc) is 2.81. The van der Waals surface area contributed by atoms with E-state index >= 15 is 0 Å². The summed E-state index contributed by atoms with van der Waals surface area (Å²) in [5.41, 5.74) is 0.866. The molecule has 2 aliphatic heterocycles. The SMILES string of the molecule is CC(C)CCN1C[C@H]2C[C@H](C(=O)Nc3ccccc3)[C@@H](C1)O2. The van der Waals surface area contributed by atoms with Crippen molar-refractivity contribution < 1.29 is 9.53 Å². The van der Waals surface area contributed by atoms with Crippen molar-refractivity contribution in [3.05, 3.63) is 30.3 Å². The molecule has 0 aliphatic carbocycles. The van der Waals surface area contributed by atoms with E-state index in [0.717, 1.165) is 37.7 Å². The molecule has 3 rings (SSSR count). The number of morpholine rings is 1. The van der Waals surface area contributed by atoms with E-state index in [2.05, 4.69) is 24.1 Å². The fraction of sp³-hybridized carbons (Fsp3) is 0.611. The smallest absolute Gasteiger partial charge is 0.230 e. The number of rotatable bonds is 5. The zero-order valence-corrected chi connectivity index (χ0v) is 13.5. The summed E-state index contributed by atoms with van der Waals surface area (Å²) in [6.45, 7) is 7.48. The monoisotopic (exact) mass is 302 g/mol. The van der Waals surface area contributed by atoms with Gasteiger partial charge in [0.2, 0.25) is 5.91 Å². The largest absolute Gasteiger partial charge is 0.371 e. The molecule has 4 heteroatoms. The number of carbonyl (C=O) groups excluding carboxylic acids is 1. The molecular formula is C18H26N2O2. The van der Waals surface area contributed by atoms with Crippen molar-refractivity contribution in [1.29, 1.82) is 0 Å². The molecular weight excluding hydrogens is 276 g/mol. The van der Waals surface area contributed by atoms with Crippen LogP contribution in [0.1, 0.15) is 26.7 Å². The molecule has 1 amide bonds. The summed E-state index contributed by atoms with van der Waals surface area (Å²) in [5.74, 6) is 0.802. The lowest BCUT2D eigenvalue weighted by Gasteiger charge is -2.33. The number of amides is 1. The van der Waals surface area contributed by atoms with E-state index in [9.17, 15) is 4.79 Å². The molecule has 0 spiro atoms. The van der Waals surface area contributed by atoms with Gasteiger partial charge in [-0.3, -0.25) is 9.69 Å². The van der Waals surface area contributed by atoms with Crippen LogP contribution < -0.4 is 5.32 Å². The fourth-order valence-corrected chi connectivity index (χ4v) is 3.39. The van der Waals surface area contributed by atoms with Crippen molar-refractivity contribution in [2.45, 2.75) is 38.9 Å². The van der Waals surface area contributed by atoms with E-state index in [4.69, 9.17) is 4.74 Å². The molecule has 2 heterocycles. The first-order valence-corrected chi connectivity index (χ1v) is 8.35. The first-order chi connectivity index (χ1) is 10.6. The highest BCUT2D eigenvalue weighted by Crippen LogP contribution is 2.33. The fourth-order valence-electron chi connectivity index (χ4n) is 3.39. The molecule has 120 valence electrons. The van der Waals surface area contributed by atoms with Crippen molar-refractivity contribution >= 4 is 11.6 Å². The number of nitrogens with zero attached hydrogens (tertiary/aromatic N) is 1. The molecule has 0 radical (unpaired) electrons. The summed E-state index contributed by atoms with van der Waals surface area (Å²) in [7, 11) is 0. The van der Waals surface area contributed by atoms with Gasteiger partial charge in [-0.15, -0.1) is 0 Å². The normalized spacial score (nSPS) is 28.0. The maximum atomic E-state index is 12.5. The number of benzene rings is 1. The van der Waals surface area contributed by atoms with E-state index in [-0.39, 0.29) is 24.0 Å². The Morgan fingerprint density at radius 1 is 1.32 bits per heavy atom. The minimum atomic E-state index is -0.0192. The van der Waals surface area contributed by atoms with Crippen molar-refractivity contribution in [1.82, 2.24) is 4.90 Å². The number of hydrogen-bond acceptors (Lipinski definition) is 3. The van der Waals surface area contributed by atoms with Gasteiger partial charge in [-0.2, -0.15) is 0 Å². The molecule has 2 bridgehead atoms. The van der Waals surface area contributed by atoms with Crippen LogP contribution in [0.3, 0.4) is 0 Å². The van der Waals surface area contributed by atoms with Gasteiger partial charge in [0.05, 0.1) is 18.1 Å². The van der Waals surface area contributed by atoms with Gasteiger partial charge in [0.1, 0.15) is 0 Å². The van der Waals surface area contributed by atoms with Crippen LogP contribution in [0.5, 0.6) is 0 Å². The van der Waals surface area contributed by atoms with Gasteiger partial charge in [-0.05, 0) is 37.4 Å². The predicted octanol–water partition coefficient (Wildman–Crippen LogP) is 2.76. The van der Waals surface area contributed by atoms with Crippen LogP contribution >= 0.6 is 0 Å². The second-order valence-corrected chi connectivity index (χ2v) is 6.94. The predicted molar refractivity (Wildman–Crippen MR) is 87.7 cm³/mol. The molecule has 1 aromatic carbocycles. The summed E-state index contributed by atoms with van der Waals surface area (Å²) >= 11 is 0. The van der Waals surface area contributed by atoms with Gasteiger partial charge in [0.25, 0.3) is 0 Å². The third-order valence-electron chi connectivity index (χ3n) is 4.63. The van der Waals surface area contributed by atoms with Gasteiger partial charge in [-0.25, -0.2) is 0 Å². The number of likely N-dealkylation sites (tertiary alicyclic amines) is 1. The summed E-state index contributed by atoms with van der Waals surface area (Å²) in [6.07, 6.45) is 2.33. The minimum absolute atomic E-state index is 0.0192. The Morgan fingerprint density at radius 2 is 2.09 bits per heavy atom. The molecule has 1 N–H and O–H groups in total. The van der Waals surface area contributed by atoms with Crippen LogP contribution in [0.4, 0.5) is 5.69 Å². The second kappa shape index (κ2) is 6.80. The first-order valence-electron chi connectivity index (χ1n) is 8.35. The quantitative estimate of drug-likeness (QED) is 0.909. The Bertz CT molecular complexity index is 503. The van der Waals surface area contributed by atoms with Gasteiger partial charge in [-0.1, -0.05) is 32.0 Å². The highest BCUT2D eigenvalue weighted by Gasteiger charge is 2.44. The molecule has 0 unspecified atom stereocenters. The van der Waals surface area contributed by atoms with Gasteiger partial charge in [0.15, 0.2) is 0 Å². The number of carbonyl (C=O) groups is 1. The van der Waals surface area contributed by atoms with E-state index < -0.39 is 0 Å². The lowest BCUT2D eigenvalue weighted by Crippen LogP contribution is -2.45. The third kappa shape index (κ3) is 3.68. The molecule has 22 heavy (non-hydrogen) atoms. The number of para-hydroxylation sites is 1. The molecule has 2 saturated heterocycles. The molecule has 0 saturated carbocycles. The highest BCUT2D eigenvalue weighted by molar-refractivity contribution is 5.93. The molecule has 4 nitrogen and oxygen atoms in total. The lowest BCUT2D eigenvalue weighted by molar-refractivity contribution is -0.122. The van der Waals surface area contributed by atoms with Gasteiger partial charge in [0, 0.05) is 18.8 Å². The summed E-state index contributed by atoms with van der Waals surface area (Å²) in [4.78, 5) is 15.0. The van der Waals surface area contributed by atoms with Crippen LogP contribution in [0, 0.1) is 11.8 Å². The van der Waals surface area contributed by atoms with Gasteiger partial charge >= 0.3 is 0 Å². The van der Waals surface area contributed by atoms with Crippen molar-refractivity contribution in [2.24, 2.45) is 11.8 Å². The zero-order chi connectivity index (χ0) is 15.5. The summed E-state index contributed by atoms with van der Waals surface area (Å²) in [5, 5.41) is 3.02.